The number of aliphatic carboxylic acids is 1. The van der Waals surface area contributed by atoms with Crippen LogP contribution in [0.5, 0.6) is 0 Å². The molecule has 0 unspecified atom stereocenters. The van der Waals surface area contributed by atoms with Crippen molar-refractivity contribution < 1.29 is 19.4 Å². The van der Waals surface area contributed by atoms with Gasteiger partial charge in [-0.25, -0.2) is 0 Å². The molecule has 0 heterocycles. The lowest BCUT2D eigenvalue weighted by Gasteiger charge is -2.57. The number of ether oxygens (including phenoxy) is 1. The zero-order valence-corrected chi connectivity index (χ0v) is 16.3. The van der Waals surface area contributed by atoms with Gasteiger partial charge >= 0.3 is 11.9 Å². The predicted molar refractivity (Wildman–Crippen MR) is 98.4 cm³/mol. The number of hydrogen-bond acceptors (Lipinski definition) is 3. The lowest BCUT2D eigenvalue weighted by Crippen LogP contribution is -2.51. The fourth-order valence-electron chi connectivity index (χ4n) is 7.37. The number of carbonyl (C=O) groups is 2. The summed E-state index contributed by atoms with van der Waals surface area (Å²) < 4.78 is 5.50. The number of esters is 1. The zero-order chi connectivity index (χ0) is 18.7. The van der Waals surface area contributed by atoms with Crippen LogP contribution in [-0.2, 0) is 14.3 Å². The predicted octanol–water partition coefficient (Wildman–Crippen LogP) is 4.58. The second kappa shape index (κ2) is 6.10. The minimum atomic E-state index is -0.589. The zero-order valence-electron chi connectivity index (χ0n) is 16.3. The Balaban J connectivity index is 1.59. The first-order valence-electron chi connectivity index (χ1n) is 10.4. The van der Waals surface area contributed by atoms with E-state index in [0.29, 0.717) is 17.8 Å². The molecule has 0 saturated heterocycles. The van der Waals surface area contributed by atoms with Crippen molar-refractivity contribution in [3.63, 3.8) is 0 Å². The van der Waals surface area contributed by atoms with Gasteiger partial charge in [-0.3, -0.25) is 9.59 Å². The molecule has 4 nitrogen and oxygen atoms in total. The highest BCUT2D eigenvalue weighted by atomic mass is 16.5. The van der Waals surface area contributed by atoms with Gasteiger partial charge in [-0.05, 0) is 73.5 Å². The van der Waals surface area contributed by atoms with Crippen LogP contribution in [0.25, 0.3) is 0 Å². The molecule has 26 heavy (non-hydrogen) atoms. The van der Waals surface area contributed by atoms with Gasteiger partial charge in [0, 0.05) is 13.3 Å². The smallest absolute Gasteiger partial charge is 0.307 e. The van der Waals surface area contributed by atoms with E-state index in [1.807, 2.05) is 0 Å². The molecule has 7 atom stereocenters. The monoisotopic (exact) mass is 360 g/mol. The van der Waals surface area contributed by atoms with Crippen molar-refractivity contribution in [2.75, 3.05) is 0 Å². The Hall–Kier alpha value is -1.32. The lowest BCUT2D eigenvalue weighted by molar-refractivity contribution is -0.151. The summed E-state index contributed by atoms with van der Waals surface area (Å²) in [6.07, 6.45) is 10.6. The van der Waals surface area contributed by atoms with E-state index in [1.54, 1.807) is 0 Å². The number of fused-ring (bicyclic) bond motifs is 5. The topological polar surface area (TPSA) is 63.6 Å². The van der Waals surface area contributed by atoms with Crippen LogP contribution in [0.1, 0.15) is 72.1 Å². The number of carboxylic acids is 1. The Morgan fingerprint density at radius 3 is 2.58 bits per heavy atom. The number of allylic oxidation sites excluding steroid dienone is 1. The fraction of sp³-hybridized carbons (Fsp3) is 0.818. The van der Waals surface area contributed by atoms with E-state index in [1.165, 1.54) is 12.5 Å². The second-order valence-electron chi connectivity index (χ2n) is 9.75. The first-order chi connectivity index (χ1) is 12.3. The minimum Gasteiger partial charge on any atom is -0.481 e. The molecule has 4 rings (SSSR count). The van der Waals surface area contributed by atoms with Gasteiger partial charge in [-0.2, -0.15) is 0 Å². The van der Waals surface area contributed by atoms with Crippen molar-refractivity contribution in [1.29, 1.82) is 0 Å². The third-order valence-electron chi connectivity index (χ3n) is 8.69. The Bertz CT molecular complexity index is 653. The maximum atomic E-state index is 11.8. The average Bonchev–Trinajstić information content (AvgIpc) is 2.92. The molecule has 0 bridgehead atoms. The van der Waals surface area contributed by atoms with Crippen LogP contribution in [0, 0.1) is 34.5 Å². The van der Waals surface area contributed by atoms with Crippen molar-refractivity contribution in [1.82, 2.24) is 0 Å². The molecule has 0 spiro atoms. The van der Waals surface area contributed by atoms with Crippen LogP contribution in [0.3, 0.4) is 0 Å². The Labute approximate surface area is 156 Å². The summed E-state index contributed by atoms with van der Waals surface area (Å²) in [6, 6.07) is 0. The molecule has 3 saturated carbocycles. The molecule has 4 heteroatoms. The average molecular weight is 360 g/mol. The highest BCUT2D eigenvalue weighted by Gasteiger charge is 2.60. The molecule has 0 aromatic heterocycles. The number of rotatable bonds is 2. The first kappa shape index (κ1) is 18.1. The van der Waals surface area contributed by atoms with Gasteiger partial charge in [0.2, 0.25) is 0 Å². The van der Waals surface area contributed by atoms with Crippen LogP contribution in [0.2, 0.25) is 0 Å². The highest BCUT2D eigenvalue weighted by Crippen LogP contribution is 2.66. The normalized spacial score (nSPS) is 47.2. The molecule has 3 fully saturated rings. The maximum absolute atomic E-state index is 11.8. The molecule has 4 aliphatic carbocycles. The number of carboxylic acid groups (broad SMARTS) is 1. The van der Waals surface area contributed by atoms with Gasteiger partial charge in [-0.1, -0.05) is 25.5 Å². The molecule has 4 aliphatic rings. The van der Waals surface area contributed by atoms with Crippen molar-refractivity contribution in [3.05, 3.63) is 11.6 Å². The third kappa shape index (κ3) is 2.55. The first-order valence-corrected chi connectivity index (χ1v) is 10.4. The van der Waals surface area contributed by atoms with E-state index in [-0.39, 0.29) is 28.8 Å². The highest BCUT2D eigenvalue weighted by molar-refractivity contribution is 5.71. The summed E-state index contributed by atoms with van der Waals surface area (Å²) in [5.74, 6) is 0.901. The van der Waals surface area contributed by atoms with E-state index in [9.17, 15) is 14.7 Å². The Kier molecular flexibility index (Phi) is 4.24. The SMILES string of the molecule is CC(=O)O[C@@H]1CC[C@@]2(C)C(=CC[C@H]3[C@H]4CC[C@H](C(=O)O)[C@]4(C)CC[C@H]32)C1. The Morgan fingerprint density at radius 2 is 1.88 bits per heavy atom. The van der Waals surface area contributed by atoms with Crippen LogP contribution in [-0.4, -0.2) is 23.1 Å². The van der Waals surface area contributed by atoms with Gasteiger partial charge in [-0.15, -0.1) is 0 Å². The molecular formula is C22H32O4. The number of hydrogen-bond donors (Lipinski definition) is 1. The van der Waals surface area contributed by atoms with Gasteiger partial charge in [0.25, 0.3) is 0 Å². The van der Waals surface area contributed by atoms with Crippen molar-refractivity contribution in [3.8, 4) is 0 Å². The summed E-state index contributed by atoms with van der Waals surface area (Å²) >= 11 is 0. The van der Waals surface area contributed by atoms with E-state index in [2.05, 4.69) is 19.9 Å². The maximum Gasteiger partial charge on any atom is 0.307 e. The Morgan fingerprint density at radius 1 is 1.12 bits per heavy atom. The number of carbonyl (C=O) groups excluding carboxylic acids is 1. The second-order valence-corrected chi connectivity index (χ2v) is 9.75. The van der Waals surface area contributed by atoms with E-state index < -0.39 is 5.97 Å². The summed E-state index contributed by atoms with van der Waals surface area (Å²) in [5, 5.41) is 9.70. The summed E-state index contributed by atoms with van der Waals surface area (Å²) in [4.78, 5) is 23.1. The van der Waals surface area contributed by atoms with Gasteiger partial charge in [0.1, 0.15) is 6.10 Å². The van der Waals surface area contributed by atoms with Gasteiger partial charge in [0.15, 0.2) is 0 Å². The molecular weight excluding hydrogens is 328 g/mol. The molecule has 144 valence electrons. The van der Waals surface area contributed by atoms with Crippen molar-refractivity contribution >= 4 is 11.9 Å². The summed E-state index contributed by atoms with van der Waals surface area (Å²) in [7, 11) is 0. The minimum absolute atomic E-state index is 0.0242. The van der Waals surface area contributed by atoms with Crippen LogP contribution in [0.4, 0.5) is 0 Å². The summed E-state index contributed by atoms with van der Waals surface area (Å²) in [5.41, 5.74) is 1.68. The fourth-order valence-corrected chi connectivity index (χ4v) is 7.37. The summed E-state index contributed by atoms with van der Waals surface area (Å²) in [6.45, 7) is 6.17. The standard InChI is InChI=1S/C22H32O4/c1-13(23)26-15-8-10-21(2)14(12-15)4-5-16-17-6-7-19(20(24)25)22(17,3)11-9-18(16)21/h4,15-19H,5-12H2,1-3H3,(H,24,25)/t15-,16+,17-,18-,19-,21+,22-/m1/s1. The largest absolute Gasteiger partial charge is 0.481 e. The van der Waals surface area contributed by atoms with E-state index >= 15 is 0 Å². The third-order valence-corrected chi connectivity index (χ3v) is 8.69. The quantitative estimate of drug-likeness (QED) is 0.578. The lowest BCUT2D eigenvalue weighted by atomic mass is 9.47. The van der Waals surface area contributed by atoms with E-state index in [4.69, 9.17) is 4.74 Å². The van der Waals surface area contributed by atoms with Gasteiger partial charge < -0.3 is 9.84 Å². The molecule has 0 aromatic carbocycles. The molecule has 0 aliphatic heterocycles. The molecule has 0 radical (unpaired) electrons. The molecule has 1 N–H and O–H groups in total. The van der Waals surface area contributed by atoms with Crippen LogP contribution < -0.4 is 0 Å². The van der Waals surface area contributed by atoms with E-state index in [0.717, 1.165) is 51.4 Å². The molecule has 0 aromatic rings. The van der Waals surface area contributed by atoms with Crippen molar-refractivity contribution in [2.45, 2.75) is 78.2 Å². The van der Waals surface area contributed by atoms with Gasteiger partial charge in [0.05, 0.1) is 5.92 Å². The van der Waals surface area contributed by atoms with Crippen molar-refractivity contribution in [2.24, 2.45) is 34.5 Å². The molecule has 0 amide bonds. The van der Waals surface area contributed by atoms with Crippen LogP contribution >= 0.6 is 0 Å². The van der Waals surface area contributed by atoms with Crippen LogP contribution in [0.15, 0.2) is 11.6 Å².